The predicted octanol–water partition coefficient (Wildman–Crippen LogP) is 1.87. The van der Waals surface area contributed by atoms with Crippen molar-refractivity contribution in [2.24, 2.45) is 0 Å². The van der Waals surface area contributed by atoms with E-state index >= 15 is 0 Å². The molecule has 0 bridgehead atoms. The van der Waals surface area contributed by atoms with Crippen molar-refractivity contribution in [1.82, 2.24) is 9.97 Å². The molecule has 0 radical (unpaired) electrons. The molecular weight excluding hydrogens is 212 g/mol. The van der Waals surface area contributed by atoms with Crippen LogP contribution in [0.4, 0.5) is 11.5 Å². The van der Waals surface area contributed by atoms with Gasteiger partial charge in [-0.15, -0.1) is 0 Å². The molecule has 2 rings (SSSR count). The predicted molar refractivity (Wildman–Crippen MR) is 62.0 cm³/mol. The summed E-state index contributed by atoms with van der Waals surface area (Å²) in [5.74, 6) is 0.738. The first-order valence-corrected chi connectivity index (χ1v) is 5.23. The molecule has 5 heteroatoms. The molecular formula is C10H13ClN4. The third-order valence-corrected chi connectivity index (χ3v) is 2.75. The van der Waals surface area contributed by atoms with Gasteiger partial charge in [-0.2, -0.15) is 0 Å². The summed E-state index contributed by atoms with van der Waals surface area (Å²) in [5, 5.41) is 0.326. The zero-order chi connectivity index (χ0) is 10.8. The molecule has 1 aromatic rings. The highest BCUT2D eigenvalue weighted by Gasteiger charge is 2.16. The van der Waals surface area contributed by atoms with Gasteiger partial charge >= 0.3 is 0 Å². The molecule has 15 heavy (non-hydrogen) atoms. The first-order valence-electron chi connectivity index (χ1n) is 4.85. The van der Waals surface area contributed by atoms with Crippen molar-refractivity contribution in [3.63, 3.8) is 0 Å². The van der Waals surface area contributed by atoms with E-state index in [0.29, 0.717) is 10.8 Å². The maximum atomic E-state index is 5.85. The molecule has 0 unspecified atom stereocenters. The van der Waals surface area contributed by atoms with Crippen LogP contribution in [0.5, 0.6) is 0 Å². The number of hydrogen-bond acceptors (Lipinski definition) is 4. The van der Waals surface area contributed by atoms with Crippen molar-refractivity contribution >= 4 is 23.1 Å². The van der Waals surface area contributed by atoms with Crippen LogP contribution < -0.4 is 10.6 Å². The molecule has 2 heterocycles. The van der Waals surface area contributed by atoms with Crippen molar-refractivity contribution in [2.45, 2.75) is 13.3 Å². The molecule has 0 aliphatic carbocycles. The maximum absolute atomic E-state index is 5.85. The molecule has 80 valence electrons. The zero-order valence-corrected chi connectivity index (χ0v) is 9.33. The fourth-order valence-electron chi connectivity index (χ4n) is 1.71. The number of rotatable bonds is 1. The molecule has 2 N–H and O–H groups in total. The maximum Gasteiger partial charge on any atom is 0.157 e. The minimum absolute atomic E-state index is 0.326. The van der Waals surface area contributed by atoms with Gasteiger partial charge in [-0.05, 0) is 13.3 Å². The Balaban J connectivity index is 2.30. The molecule has 4 nitrogen and oxygen atoms in total. The second-order valence-corrected chi connectivity index (χ2v) is 4.02. The molecule has 0 fully saturated rings. The van der Waals surface area contributed by atoms with Crippen LogP contribution in [0.2, 0.25) is 5.15 Å². The quantitative estimate of drug-likeness (QED) is 0.585. The van der Waals surface area contributed by atoms with Gasteiger partial charge in [-0.3, -0.25) is 0 Å². The van der Waals surface area contributed by atoms with Crippen LogP contribution in [0.3, 0.4) is 0 Å². The fourth-order valence-corrected chi connectivity index (χ4v) is 1.84. The van der Waals surface area contributed by atoms with Crippen LogP contribution in [0, 0.1) is 0 Å². The lowest BCUT2D eigenvalue weighted by molar-refractivity contribution is 0.777. The summed E-state index contributed by atoms with van der Waals surface area (Å²) in [4.78, 5) is 10.1. The average Bonchev–Trinajstić information content (AvgIpc) is 2.22. The highest BCUT2D eigenvalue weighted by atomic mass is 35.5. The van der Waals surface area contributed by atoms with Crippen molar-refractivity contribution in [3.05, 3.63) is 23.1 Å². The first-order chi connectivity index (χ1) is 7.18. The fraction of sp³-hybridized carbons (Fsp3) is 0.400. The van der Waals surface area contributed by atoms with Gasteiger partial charge in [0, 0.05) is 13.1 Å². The summed E-state index contributed by atoms with van der Waals surface area (Å²) in [6.45, 7) is 3.89. The van der Waals surface area contributed by atoms with Crippen LogP contribution in [0.15, 0.2) is 18.0 Å². The van der Waals surface area contributed by atoms with E-state index in [4.69, 9.17) is 17.3 Å². The summed E-state index contributed by atoms with van der Waals surface area (Å²) in [6.07, 6.45) is 4.70. The van der Waals surface area contributed by atoms with E-state index in [1.807, 2.05) is 0 Å². The molecule has 0 atom stereocenters. The number of halogens is 1. The number of anilines is 2. The lowest BCUT2D eigenvalue weighted by Gasteiger charge is -2.28. The highest BCUT2D eigenvalue weighted by Crippen LogP contribution is 2.27. The highest BCUT2D eigenvalue weighted by molar-refractivity contribution is 6.32. The number of nitrogens with zero attached hydrogens (tertiary/aromatic N) is 3. The van der Waals surface area contributed by atoms with Crippen molar-refractivity contribution in [2.75, 3.05) is 23.7 Å². The van der Waals surface area contributed by atoms with Gasteiger partial charge in [0.2, 0.25) is 0 Å². The van der Waals surface area contributed by atoms with Gasteiger partial charge < -0.3 is 10.6 Å². The smallest absolute Gasteiger partial charge is 0.157 e. The summed E-state index contributed by atoms with van der Waals surface area (Å²) in [5.41, 5.74) is 7.64. The second kappa shape index (κ2) is 4.06. The molecule has 0 saturated heterocycles. The van der Waals surface area contributed by atoms with E-state index in [9.17, 15) is 0 Å². The van der Waals surface area contributed by atoms with Crippen LogP contribution >= 0.6 is 11.6 Å². The van der Waals surface area contributed by atoms with E-state index in [1.165, 1.54) is 11.9 Å². The normalized spacial score (nSPS) is 16.4. The third-order valence-electron chi connectivity index (χ3n) is 2.45. The molecule has 1 aromatic heterocycles. The Bertz CT molecular complexity index is 402. The molecule has 0 aromatic carbocycles. The van der Waals surface area contributed by atoms with Crippen molar-refractivity contribution in [3.8, 4) is 0 Å². The van der Waals surface area contributed by atoms with E-state index in [0.717, 1.165) is 25.3 Å². The number of nitrogen functional groups attached to an aromatic ring is 1. The van der Waals surface area contributed by atoms with Crippen LogP contribution in [0.25, 0.3) is 0 Å². The van der Waals surface area contributed by atoms with Crippen LogP contribution in [-0.4, -0.2) is 23.1 Å². The SMILES string of the molecule is CC1=CCCN(c2ncnc(Cl)c2N)C1. The van der Waals surface area contributed by atoms with Gasteiger partial charge in [-0.1, -0.05) is 23.3 Å². The lowest BCUT2D eigenvalue weighted by atomic mass is 10.1. The Morgan fingerprint density at radius 2 is 2.27 bits per heavy atom. The van der Waals surface area contributed by atoms with E-state index in [2.05, 4.69) is 27.9 Å². The number of hydrogen-bond donors (Lipinski definition) is 1. The first kappa shape index (κ1) is 10.2. The second-order valence-electron chi connectivity index (χ2n) is 3.66. The minimum atomic E-state index is 0.326. The monoisotopic (exact) mass is 224 g/mol. The van der Waals surface area contributed by atoms with Gasteiger partial charge in [0.25, 0.3) is 0 Å². The summed E-state index contributed by atoms with van der Waals surface area (Å²) in [7, 11) is 0. The third kappa shape index (κ3) is 2.04. The number of nitrogens with two attached hydrogens (primary N) is 1. The molecule has 0 saturated carbocycles. The summed E-state index contributed by atoms with van der Waals surface area (Å²) < 4.78 is 0. The lowest BCUT2D eigenvalue weighted by Crippen LogP contribution is -2.30. The van der Waals surface area contributed by atoms with Gasteiger partial charge in [0.1, 0.15) is 12.0 Å². The molecule has 1 aliphatic rings. The van der Waals surface area contributed by atoms with Gasteiger partial charge in [-0.25, -0.2) is 9.97 Å². The largest absolute Gasteiger partial charge is 0.393 e. The Morgan fingerprint density at radius 3 is 3.00 bits per heavy atom. The van der Waals surface area contributed by atoms with E-state index < -0.39 is 0 Å². The number of aromatic nitrogens is 2. The van der Waals surface area contributed by atoms with Crippen molar-refractivity contribution < 1.29 is 0 Å². The Morgan fingerprint density at radius 1 is 1.47 bits per heavy atom. The summed E-state index contributed by atoms with van der Waals surface area (Å²) in [6, 6.07) is 0. The standard InChI is InChI=1S/C10H13ClN4/c1-7-3-2-4-15(5-7)10-8(12)9(11)13-6-14-10/h3,6H,2,4-5,12H2,1H3. The molecule has 0 amide bonds. The van der Waals surface area contributed by atoms with Crippen LogP contribution in [0.1, 0.15) is 13.3 Å². The Labute approximate surface area is 93.8 Å². The van der Waals surface area contributed by atoms with E-state index in [1.54, 1.807) is 0 Å². The van der Waals surface area contributed by atoms with Gasteiger partial charge in [0.05, 0.1) is 0 Å². The van der Waals surface area contributed by atoms with E-state index in [-0.39, 0.29) is 0 Å². The molecule has 0 spiro atoms. The minimum Gasteiger partial charge on any atom is -0.393 e. The Kier molecular flexibility index (Phi) is 2.77. The Hall–Kier alpha value is -1.29. The zero-order valence-electron chi connectivity index (χ0n) is 8.57. The average molecular weight is 225 g/mol. The summed E-state index contributed by atoms with van der Waals surface area (Å²) >= 11 is 5.85. The molecule has 1 aliphatic heterocycles. The van der Waals surface area contributed by atoms with Gasteiger partial charge in [0.15, 0.2) is 11.0 Å². The van der Waals surface area contributed by atoms with Crippen molar-refractivity contribution in [1.29, 1.82) is 0 Å². The van der Waals surface area contributed by atoms with Crippen LogP contribution in [-0.2, 0) is 0 Å². The topological polar surface area (TPSA) is 55.0 Å².